The maximum Gasteiger partial charge on any atom is 0.494 e. The minimum Gasteiger partial charge on any atom is -0.399 e. The highest BCUT2D eigenvalue weighted by atomic mass is 16.7. The molecular formula is C16H24BNO2. The van der Waals surface area contributed by atoms with Crippen molar-refractivity contribution in [3.63, 3.8) is 0 Å². The molecule has 0 spiro atoms. The summed E-state index contributed by atoms with van der Waals surface area (Å²) in [6.07, 6.45) is 2.33. The average molecular weight is 273 g/mol. The highest BCUT2D eigenvalue weighted by Gasteiger charge is 2.51. The van der Waals surface area contributed by atoms with Crippen LogP contribution in [0.4, 0.5) is 5.69 Å². The van der Waals surface area contributed by atoms with Gasteiger partial charge in [-0.1, -0.05) is 12.1 Å². The maximum atomic E-state index is 6.15. The molecular weight excluding hydrogens is 249 g/mol. The number of nitrogens with one attached hydrogen (secondary N) is 1. The predicted molar refractivity (Wildman–Crippen MR) is 83.7 cm³/mol. The van der Waals surface area contributed by atoms with E-state index >= 15 is 0 Å². The van der Waals surface area contributed by atoms with Gasteiger partial charge in [0.05, 0.1) is 11.2 Å². The third-order valence-corrected chi connectivity index (χ3v) is 4.89. The molecule has 1 aromatic rings. The lowest BCUT2D eigenvalue weighted by Gasteiger charge is -2.32. The van der Waals surface area contributed by atoms with Crippen LogP contribution in [0.15, 0.2) is 12.1 Å². The summed E-state index contributed by atoms with van der Waals surface area (Å²) < 4.78 is 12.3. The molecule has 0 atom stereocenters. The fourth-order valence-corrected chi connectivity index (χ4v) is 2.95. The van der Waals surface area contributed by atoms with E-state index in [-0.39, 0.29) is 18.3 Å². The normalized spacial score (nSPS) is 23.4. The van der Waals surface area contributed by atoms with Crippen molar-refractivity contribution in [3.8, 4) is 0 Å². The van der Waals surface area contributed by atoms with Crippen LogP contribution in [0.25, 0.3) is 0 Å². The van der Waals surface area contributed by atoms with E-state index in [4.69, 9.17) is 9.31 Å². The zero-order valence-electron chi connectivity index (χ0n) is 13.2. The molecule has 0 radical (unpaired) electrons. The van der Waals surface area contributed by atoms with Gasteiger partial charge in [-0.25, -0.2) is 0 Å². The minimum atomic E-state index is -0.278. The molecule has 2 aliphatic heterocycles. The zero-order chi connectivity index (χ0) is 14.5. The van der Waals surface area contributed by atoms with E-state index in [1.165, 1.54) is 23.2 Å². The fourth-order valence-electron chi connectivity index (χ4n) is 2.95. The zero-order valence-corrected chi connectivity index (χ0v) is 13.2. The summed E-state index contributed by atoms with van der Waals surface area (Å²) in [4.78, 5) is 0. The molecule has 0 bridgehead atoms. The number of aryl methyl sites for hydroxylation is 2. The van der Waals surface area contributed by atoms with Gasteiger partial charge in [-0.15, -0.1) is 0 Å². The summed E-state index contributed by atoms with van der Waals surface area (Å²) in [5.74, 6) is 0. The van der Waals surface area contributed by atoms with Crippen molar-refractivity contribution in [2.24, 2.45) is 0 Å². The summed E-state index contributed by atoms with van der Waals surface area (Å²) in [6, 6.07) is 4.44. The van der Waals surface area contributed by atoms with Crippen LogP contribution in [-0.2, 0) is 15.7 Å². The second-order valence-corrected chi connectivity index (χ2v) is 6.99. The quantitative estimate of drug-likeness (QED) is 0.798. The van der Waals surface area contributed by atoms with Crippen LogP contribution < -0.4 is 10.8 Å². The lowest BCUT2D eigenvalue weighted by atomic mass is 9.76. The minimum absolute atomic E-state index is 0.258. The summed E-state index contributed by atoms with van der Waals surface area (Å²) >= 11 is 0. The van der Waals surface area contributed by atoms with Crippen LogP contribution in [0, 0.1) is 6.92 Å². The van der Waals surface area contributed by atoms with Crippen LogP contribution in [0.2, 0.25) is 0 Å². The van der Waals surface area contributed by atoms with E-state index in [0.717, 1.165) is 18.4 Å². The number of fused-ring (bicyclic) bond motifs is 1. The Bertz CT molecular complexity index is 524. The van der Waals surface area contributed by atoms with Crippen LogP contribution >= 0.6 is 0 Å². The molecule has 3 nitrogen and oxygen atoms in total. The Morgan fingerprint density at radius 1 is 1.10 bits per heavy atom. The SMILES string of the molecule is Cc1cc(B2OC(C)(C)C(C)(C)O2)cc2c1NCCC2. The first-order chi connectivity index (χ1) is 9.30. The van der Waals surface area contributed by atoms with E-state index in [2.05, 4.69) is 52.1 Å². The molecule has 108 valence electrons. The smallest absolute Gasteiger partial charge is 0.399 e. The Morgan fingerprint density at radius 3 is 2.40 bits per heavy atom. The van der Waals surface area contributed by atoms with Crippen LogP contribution in [0.3, 0.4) is 0 Å². The molecule has 1 aromatic carbocycles. The van der Waals surface area contributed by atoms with Crippen LogP contribution in [-0.4, -0.2) is 24.9 Å². The molecule has 4 heteroatoms. The first-order valence-electron chi connectivity index (χ1n) is 7.53. The average Bonchev–Trinajstić information content (AvgIpc) is 2.58. The third-order valence-electron chi connectivity index (χ3n) is 4.89. The monoisotopic (exact) mass is 273 g/mol. The van der Waals surface area contributed by atoms with Crippen LogP contribution in [0.5, 0.6) is 0 Å². The van der Waals surface area contributed by atoms with Crippen molar-refractivity contribution >= 4 is 18.3 Å². The molecule has 1 N–H and O–H groups in total. The Hall–Kier alpha value is -0.995. The van der Waals surface area contributed by atoms with Crippen molar-refractivity contribution in [2.75, 3.05) is 11.9 Å². The Morgan fingerprint density at radius 2 is 1.75 bits per heavy atom. The van der Waals surface area contributed by atoms with Gasteiger partial charge in [0.25, 0.3) is 0 Å². The van der Waals surface area contributed by atoms with Gasteiger partial charge < -0.3 is 14.6 Å². The lowest BCUT2D eigenvalue weighted by molar-refractivity contribution is 0.00578. The second kappa shape index (κ2) is 4.50. The molecule has 1 fully saturated rings. The van der Waals surface area contributed by atoms with Crippen LogP contribution in [0.1, 0.15) is 45.2 Å². The molecule has 0 amide bonds. The number of anilines is 1. The largest absolute Gasteiger partial charge is 0.494 e. The molecule has 3 rings (SSSR count). The Kier molecular flexibility index (Phi) is 3.14. The standard InChI is InChI=1S/C16H24BNO2/c1-11-9-13(10-12-7-6-8-18-14(11)12)17-19-15(2,3)16(4,5)20-17/h9-10,18H,6-8H2,1-5H3. The highest BCUT2D eigenvalue weighted by Crippen LogP contribution is 2.37. The van der Waals surface area contributed by atoms with E-state index in [1.54, 1.807) is 0 Å². The second-order valence-electron chi connectivity index (χ2n) is 6.99. The molecule has 0 aliphatic carbocycles. The van der Waals surface area contributed by atoms with Gasteiger partial charge in [0.1, 0.15) is 0 Å². The molecule has 1 saturated heterocycles. The molecule has 0 saturated carbocycles. The Labute approximate surface area is 122 Å². The van der Waals surface area contributed by atoms with Gasteiger partial charge in [-0.2, -0.15) is 0 Å². The first kappa shape index (κ1) is 14.0. The van der Waals surface area contributed by atoms with E-state index in [1.807, 2.05) is 0 Å². The van der Waals surface area contributed by atoms with Gasteiger partial charge in [0.2, 0.25) is 0 Å². The predicted octanol–water partition coefficient (Wildman–Crippen LogP) is 2.65. The van der Waals surface area contributed by atoms with Crippen molar-refractivity contribution in [2.45, 2.75) is 58.7 Å². The Balaban J connectivity index is 1.94. The summed E-state index contributed by atoms with van der Waals surface area (Å²) in [5, 5.41) is 3.50. The van der Waals surface area contributed by atoms with Gasteiger partial charge in [-0.05, 0) is 64.1 Å². The van der Waals surface area contributed by atoms with Crippen molar-refractivity contribution in [3.05, 3.63) is 23.3 Å². The van der Waals surface area contributed by atoms with Gasteiger partial charge in [0.15, 0.2) is 0 Å². The lowest BCUT2D eigenvalue weighted by Crippen LogP contribution is -2.41. The summed E-state index contributed by atoms with van der Waals surface area (Å²) in [5.41, 5.74) is 4.56. The molecule has 20 heavy (non-hydrogen) atoms. The van der Waals surface area contributed by atoms with Crippen molar-refractivity contribution in [1.82, 2.24) is 0 Å². The number of benzene rings is 1. The third kappa shape index (κ3) is 2.15. The first-order valence-corrected chi connectivity index (χ1v) is 7.53. The number of hydrogen-bond acceptors (Lipinski definition) is 3. The van der Waals surface area contributed by atoms with E-state index in [9.17, 15) is 0 Å². The molecule has 0 unspecified atom stereocenters. The topological polar surface area (TPSA) is 30.5 Å². The van der Waals surface area contributed by atoms with E-state index < -0.39 is 0 Å². The summed E-state index contributed by atoms with van der Waals surface area (Å²) in [6.45, 7) is 11.6. The van der Waals surface area contributed by atoms with Crippen molar-refractivity contribution in [1.29, 1.82) is 0 Å². The van der Waals surface area contributed by atoms with E-state index in [0.29, 0.717) is 0 Å². The van der Waals surface area contributed by atoms with Crippen molar-refractivity contribution < 1.29 is 9.31 Å². The number of rotatable bonds is 1. The fraction of sp³-hybridized carbons (Fsp3) is 0.625. The number of hydrogen-bond donors (Lipinski definition) is 1. The maximum absolute atomic E-state index is 6.15. The molecule has 2 heterocycles. The van der Waals surface area contributed by atoms with Gasteiger partial charge in [-0.3, -0.25) is 0 Å². The summed E-state index contributed by atoms with van der Waals surface area (Å²) in [7, 11) is -0.258. The molecule has 0 aromatic heterocycles. The molecule has 2 aliphatic rings. The highest BCUT2D eigenvalue weighted by molar-refractivity contribution is 6.62. The van der Waals surface area contributed by atoms with Gasteiger partial charge in [0, 0.05) is 12.2 Å². The van der Waals surface area contributed by atoms with Gasteiger partial charge >= 0.3 is 7.12 Å².